The van der Waals surface area contributed by atoms with Crippen molar-refractivity contribution in [3.05, 3.63) is 0 Å². The first kappa shape index (κ1) is 11.0. The highest BCUT2D eigenvalue weighted by Gasteiger charge is 2.23. The minimum absolute atomic E-state index is 0.139. The number of rotatable bonds is 1. The Bertz CT molecular complexity index is 133. The Hall–Kier alpha value is -0.0800. The fourth-order valence-electron chi connectivity index (χ4n) is 2.16. The number of hydrogen-bond acceptors (Lipinski definition) is 2. The molecule has 1 aliphatic carbocycles. The Labute approximate surface area is 81.0 Å². The average molecular weight is 186 g/mol. The molecule has 0 radical (unpaired) electrons. The molecule has 1 aliphatic rings. The van der Waals surface area contributed by atoms with Gasteiger partial charge in [-0.25, -0.2) is 0 Å². The van der Waals surface area contributed by atoms with Crippen LogP contribution in [-0.4, -0.2) is 22.4 Å². The van der Waals surface area contributed by atoms with Gasteiger partial charge < -0.3 is 10.2 Å². The lowest BCUT2D eigenvalue weighted by Gasteiger charge is -2.28. The molecule has 1 rings (SSSR count). The Kier molecular flexibility index (Phi) is 4.20. The summed E-state index contributed by atoms with van der Waals surface area (Å²) >= 11 is 0. The highest BCUT2D eigenvalue weighted by Crippen LogP contribution is 2.28. The molecule has 0 saturated heterocycles. The molecule has 2 N–H and O–H groups in total. The van der Waals surface area contributed by atoms with Gasteiger partial charge in [0.1, 0.15) is 0 Å². The van der Waals surface area contributed by atoms with Crippen LogP contribution in [0.1, 0.15) is 46.0 Å². The van der Waals surface area contributed by atoms with Crippen LogP contribution in [0.15, 0.2) is 0 Å². The van der Waals surface area contributed by atoms with E-state index in [1.165, 1.54) is 0 Å². The van der Waals surface area contributed by atoms with Crippen molar-refractivity contribution in [2.45, 2.75) is 58.2 Å². The molecule has 2 nitrogen and oxygen atoms in total. The smallest absolute Gasteiger partial charge is 0.0543 e. The van der Waals surface area contributed by atoms with Gasteiger partial charge in [-0.15, -0.1) is 0 Å². The highest BCUT2D eigenvalue weighted by atomic mass is 16.3. The maximum absolute atomic E-state index is 9.64. The van der Waals surface area contributed by atoms with Crippen LogP contribution >= 0.6 is 0 Å². The van der Waals surface area contributed by atoms with Crippen molar-refractivity contribution in [3.8, 4) is 0 Å². The minimum atomic E-state index is -0.139. The van der Waals surface area contributed by atoms with E-state index in [9.17, 15) is 10.2 Å². The highest BCUT2D eigenvalue weighted by molar-refractivity contribution is 4.75. The molecule has 2 atom stereocenters. The van der Waals surface area contributed by atoms with Crippen LogP contribution in [0.4, 0.5) is 0 Å². The first-order valence-corrected chi connectivity index (χ1v) is 5.45. The lowest BCUT2D eigenvalue weighted by Crippen LogP contribution is -2.25. The molecule has 0 aromatic carbocycles. The van der Waals surface area contributed by atoms with Crippen LogP contribution < -0.4 is 0 Å². The summed E-state index contributed by atoms with van der Waals surface area (Å²) < 4.78 is 0. The second kappa shape index (κ2) is 4.97. The van der Waals surface area contributed by atoms with E-state index in [1.807, 2.05) is 0 Å². The number of aliphatic hydroxyl groups excluding tert-OH is 2. The molecule has 0 heterocycles. The van der Waals surface area contributed by atoms with E-state index in [4.69, 9.17) is 0 Å². The van der Waals surface area contributed by atoms with E-state index in [2.05, 4.69) is 13.8 Å². The van der Waals surface area contributed by atoms with Gasteiger partial charge in [-0.2, -0.15) is 0 Å². The second-order valence-corrected chi connectivity index (χ2v) is 4.71. The third-order valence-corrected chi connectivity index (χ3v) is 3.17. The van der Waals surface area contributed by atoms with Gasteiger partial charge in [-0.3, -0.25) is 0 Å². The topological polar surface area (TPSA) is 40.5 Å². The molecule has 0 aromatic rings. The van der Waals surface area contributed by atoms with Crippen molar-refractivity contribution >= 4 is 0 Å². The van der Waals surface area contributed by atoms with Gasteiger partial charge in [0.25, 0.3) is 0 Å². The molecule has 0 aromatic heterocycles. The first-order chi connectivity index (χ1) is 6.09. The molecule has 78 valence electrons. The van der Waals surface area contributed by atoms with E-state index in [-0.39, 0.29) is 12.2 Å². The largest absolute Gasteiger partial charge is 0.393 e. The van der Waals surface area contributed by atoms with Crippen molar-refractivity contribution in [1.29, 1.82) is 0 Å². The maximum atomic E-state index is 9.64. The predicted octanol–water partition coefficient (Wildman–Crippen LogP) is 1.94. The summed E-state index contributed by atoms with van der Waals surface area (Å²) in [5.74, 6) is 1.06. The fraction of sp³-hybridized carbons (Fsp3) is 1.00. The summed E-state index contributed by atoms with van der Waals surface area (Å²) in [6.07, 6.45) is 4.15. The van der Waals surface area contributed by atoms with Crippen LogP contribution in [0.5, 0.6) is 0 Å². The van der Waals surface area contributed by atoms with Crippen LogP contribution in [0.3, 0.4) is 0 Å². The average Bonchev–Trinajstić information content (AvgIpc) is 1.99. The van der Waals surface area contributed by atoms with E-state index in [0.29, 0.717) is 11.8 Å². The zero-order valence-corrected chi connectivity index (χ0v) is 8.74. The molecule has 0 aliphatic heterocycles. The lowest BCUT2D eigenvalue weighted by molar-refractivity contribution is 0.0543. The zero-order chi connectivity index (χ0) is 9.84. The standard InChI is InChI=1S/C11H22O2/c1-8(2)9-6-10(12)4-3-5-11(13)7-9/h8-13H,3-7H2,1-2H3. The van der Waals surface area contributed by atoms with E-state index in [0.717, 1.165) is 32.1 Å². The maximum Gasteiger partial charge on any atom is 0.0543 e. The van der Waals surface area contributed by atoms with Gasteiger partial charge in [0.15, 0.2) is 0 Å². The van der Waals surface area contributed by atoms with Crippen molar-refractivity contribution in [1.82, 2.24) is 0 Å². The third kappa shape index (κ3) is 3.65. The van der Waals surface area contributed by atoms with Gasteiger partial charge in [-0.05, 0) is 43.9 Å². The van der Waals surface area contributed by atoms with Crippen molar-refractivity contribution in [2.75, 3.05) is 0 Å². The Morgan fingerprint density at radius 1 is 1.00 bits per heavy atom. The van der Waals surface area contributed by atoms with Crippen LogP contribution in [0, 0.1) is 11.8 Å². The van der Waals surface area contributed by atoms with E-state index >= 15 is 0 Å². The zero-order valence-electron chi connectivity index (χ0n) is 8.74. The third-order valence-electron chi connectivity index (χ3n) is 3.17. The van der Waals surface area contributed by atoms with Gasteiger partial charge >= 0.3 is 0 Å². The quantitative estimate of drug-likeness (QED) is 0.657. The Morgan fingerprint density at radius 2 is 1.46 bits per heavy atom. The number of hydrogen-bond donors (Lipinski definition) is 2. The van der Waals surface area contributed by atoms with Crippen LogP contribution in [0.25, 0.3) is 0 Å². The van der Waals surface area contributed by atoms with Gasteiger partial charge in [0.2, 0.25) is 0 Å². The summed E-state index contributed by atoms with van der Waals surface area (Å²) in [4.78, 5) is 0. The fourth-order valence-corrected chi connectivity index (χ4v) is 2.16. The minimum Gasteiger partial charge on any atom is -0.393 e. The summed E-state index contributed by atoms with van der Waals surface area (Å²) in [6, 6.07) is 0. The first-order valence-electron chi connectivity index (χ1n) is 5.45. The van der Waals surface area contributed by atoms with E-state index < -0.39 is 0 Å². The van der Waals surface area contributed by atoms with Gasteiger partial charge in [0.05, 0.1) is 12.2 Å². The molecule has 2 unspecified atom stereocenters. The molecule has 0 spiro atoms. The van der Waals surface area contributed by atoms with Crippen LogP contribution in [0.2, 0.25) is 0 Å². The molecular formula is C11H22O2. The molecule has 1 saturated carbocycles. The Balaban J connectivity index is 2.48. The summed E-state index contributed by atoms with van der Waals surface area (Å²) in [6.45, 7) is 4.34. The molecular weight excluding hydrogens is 164 g/mol. The molecule has 13 heavy (non-hydrogen) atoms. The molecule has 0 amide bonds. The van der Waals surface area contributed by atoms with Gasteiger partial charge in [-0.1, -0.05) is 13.8 Å². The normalized spacial score (nSPS) is 37.2. The Morgan fingerprint density at radius 3 is 1.85 bits per heavy atom. The molecule has 1 fully saturated rings. The second-order valence-electron chi connectivity index (χ2n) is 4.71. The van der Waals surface area contributed by atoms with Crippen molar-refractivity contribution in [2.24, 2.45) is 11.8 Å². The molecule has 0 bridgehead atoms. The SMILES string of the molecule is CC(C)C1CC(O)CCCC(O)C1. The van der Waals surface area contributed by atoms with Crippen molar-refractivity contribution < 1.29 is 10.2 Å². The summed E-state index contributed by atoms with van der Waals surface area (Å²) in [5.41, 5.74) is 0. The predicted molar refractivity (Wildman–Crippen MR) is 53.4 cm³/mol. The summed E-state index contributed by atoms with van der Waals surface area (Å²) in [7, 11) is 0. The monoisotopic (exact) mass is 186 g/mol. The number of aliphatic hydroxyl groups is 2. The van der Waals surface area contributed by atoms with Crippen LogP contribution in [-0.2, 0) is 0 Å². The van der Waals surface area contributed by atoms with E-state index in [1.54, 1.807) is 0 Å². The lowest BCUT2D eigenvalue weighted by atomic mass is 9.81. The van der Waals surface area contributed by atoms with Crippen molar-refractivity contribution in [3.63, 3.8) is 0 Å². The van der Waals surface area contributed by atoms with Gasteiger partial charge in [0, 0.05) is 0 Å². The summed E-state index contributed by atoms with van der Waals surface area (Å²) in [5, 5.41) is 19.3. The molecule has 2 heteroatoms.